The summed E-state index contributed by atoms with van der Waals surface area (Å²) in [6, 6.07) is 9.27. The van der Waals surface area contributed by atoms with Crippen LogP contribution in [0.5, 0.6) is 23.0 Å². The minimum Gasteiger partial charge on any atom is -0.507 e. The van der Waals surface area contributed by atoms with Crippen LogP contribution in [0.3, 0.4) is 0 Å². The third-order valence-electron chi connectivity index (χ3n) is 3.52. The summed E-state index contributed by atoms with van der Waals surface area (Å²) in [4.78, 5) is 23.1. The molecule has 2 aromatic carbocycles. The van der Waals surface area contributed by atoms with Crippen molar-refractivity contribution in [1.29, 1.82) is 0 Å². The number of rotatable bonds is 8. The zero-order valence-electron chi connectivity index (χ0n) is 14.1. The molecule has 0 saturated heterocycles. The van der Waals surface area contributed by atoms with E-state index in [2.05, 4.69) is 0 Å². The molecule has 6 nitrogen and oxygen atoms in total. The molecule has 2 N–H and O–H groups in total. The number of aromatic hydroxyl groups is 2. The Morgan fingerprint density at radius 3 is 1.56 bits per heavy atom. The van der Waals surface area contributed by atoms with Crippen molar-refractivity contribution >= 4 is 11.6 Å². The van der Waals surface area contributed by atoms with E-state index in [1.165, 1.54) is 26.0 Å². The summed E-state index contributed by atoms with van der Waals surface area (Å²) in [6.07, 6.45) is 0.486. The number of carbonyl (C=O) groups excluding carboxylic acids is 2. The van der Waals surface area contributed by atoms with Crippen molar-refractivity contribution in [2.75, 3.05) is 13.2 Å². The molecule has 0 heterocycles. The van der Waals surface area contributed by atoms with E-state index in [4.69, 9.17) is 9.47 Å². The maximum absolute atomic E-state index is 11.6. The Kier molecular flexibility index (Phi) is 6.00. The number of phenolic OH excluding ortho intramolecular Hbond substituents is 2. The molecule has 0 aliphatic carbocycles. The van der Waals surface area contributed by atoms with Gasteiger partial charge in [0, 0.05) is 6.42 Å². The van der Waals surface area contributed by atoms with E-state index in [-0.39, 0.29) is 47.4 Å². The van der Waals surface area contributed by atoms with Crippen LogP contribution in [0, 0.1) is 0 Å². The first-order chi connectivity index (χ1) is 11.9. The number of benzene rings is 2. The summed E-state index contributed by atoms with van der Waals surface area (Å²) in [5.41, 5.74) is 0.297. The van der Waals surface area contributed by atoms with Crippen molar-refractivity contribution in [2.45, 2.75) is 20.3 Å². The van der Waals surface area contributed by atoms with Crippen LogP contribution in [0.4, 0.5) is 0 Å². The van der Waals surface area contributed by atoms with Gasteiger partial charge in [-0.2, -0.15) is 0 Å². The number of hydrogen-bond donors (Lipinski definition) is 2. The van der Waals surface area contributed by atoms with Crippen molar-refractivity contribution < 1.29 is 29.3 Å². The summed E-state index contributed by atoms with van der Waals surface area (Å²) < 4.78 is 11.1. The summed E-state index contributed by atoms with van der Waals surface area (Å²) in [5.74, 6) is -0.173. The van der Waals surface area contributed by atoms with Gasteiger partial charge in [0.1, 0.15) is 34.1 Å². The zero-order chi connectivity index (χ0) is 18.4. The topological polar surface area (TPSA) is 93.1 Å². The Bertz CT molecular complexity index is 716. The molecule has 2 rings (SSSR count). The van der Waals surface area contributed by atoms with Crippen molar-refractivity contribution in [2.24, 2.45) is 0 Å². The Balaban J connectivity index is 1.92. The number of ether oxygens (including phenoxy) is 2. The maximum atomic E-state index is 11.6. The highest BCUT2D eigenvalue weighted by Gasteiger charge is 2.14. The van der Waals surface area contributed by atoms with Crippen LogP contribution in [0.15, 0.2) is 36.4 Å². The van der Waals surface area contributed by atoms with E-state index >= 15 is 0 Å². The van der Waals surface area contributed by atoms with Gasteiger partial charge in [-0.3, -0.25) is 9.59 Å². The number of ketones is 2. The van der Waals surface area contributed by atoms with E-state index in [0.717, 1.165) is 0 Å². The number of Topliss-reactive ketones (excluding diaryl/α,β-unsaturated/α-hetero) is 2. The monoisotopic (exact) mass is 344 g/mol. The number of carbonyl (C=O) groups is 2. The lowest BCUT2D eigenvalue weighted by atomic mass is 10.1. The van der Waals surface area contributed by atoms with E-state index in [0.29, 0.717) is 17.9 Å². The molecule has 0 bridgehead atoms. The fourth-order valence-corrected chi connectivity index (χ4v) is 2.41. The van der Waals surface area contributed by atoms with Crippen molar-refractivity contribution in [3.63, 3.8) is 0 Å². The molecule has 25 heavy (non-hydrogen) atoms. The predicted octanol–water partition coefficient (Wildman–Crippen LogP) is 3.35. The molecule has 2 aromatic rings. The van der Waals surface area contributed by atoms with Gasteiger partial charge in [-0.25, -0.2) is 0 Å². The third-order valence-corrected chi connectivity index (χ3v) is 3.52. The molecule has 0 aromatic heterocycles. The molecular formula is C19H20O6. The average molecular weight is 344 g/mol. The first-order valence-electron chi connectivity index (χ1n) is 7.83. The van der Waals surface area contributed by atoms with Crippen LogP contribution in [0.25, 0.3) is 0 Å². The van der Waals surface area contributed by atoms with Gasteiger partial charge in [0.25, 0.3) is 0 Å². The van der Waals surface area contributed by atoms with Crippen LogP contribution >= 0.6 is 0 Å². The van der Waals surface area contributed by atoms with Crippen molar-refractivity contribution in [3.05, 3.63) is 47.5 Å². The first kappa shape index (κ1) is 18.3. The lowest BCUT2D eigenvalue weighted by molar-refractivity contribution is 0.0998. The number of hydrogen-bond acceptors (Lipinski definition) is 6. The summed E-state index contributed by atoms with van der Waals surface area (Å²) in [7, 11) is 0. The van der Waals surface area contributed by atoms with Crippen LogP contribution in [-0.4, -0.2) is 35.0 Å². The van der Waals surface area contributed by atoms with Crippen LogP contribution in [0.1, 0.15) is 41.0 Å². The molecule has 0 aliphatic rings. The Morgan fingerprint density at radius 1 is 0.800 bits per heavy atom. The molecule has 0 unspecified atom stereocenters. The SMILES string of the molecule is CC(=O)c1c(O)cccc1OCCCOc1cccc(O)c1C(C)=O. The van der Waals surface area contributed by atoms with E-state index in [1.54, 1.807) is 24.3 Å². The van der Waals surface area contributed by atoms with Gasteiger partial charge in [-0.15, -0.1) is 0 Å². The van der Waals surface area contributed by atoms with Crippen LogP contribution in [-0.2, 0) is 0 Å². The summed E-state index contributed by atoms with van der Waals surface area (Å²) in [6.45, 7) is 3.24. The molecular weight excluding hydrogens is 324 g/mol. The van der Waals surface area contributed by atoms with Crippen LogP contribution in [0.2, 0.25) is 0 Å². The molecule has 0 amide bonds. The predicted molar refractivity (Wildman–Crippen MR) is 91.8 cm³/mol. The van der Waals surface area contributed by atoms with Gasteiger partial charge in [-0.1, -0.05) is 12.1 Å². The van der Waals surface area contributed by atoms with Crippen LogP contribution < -0.4 is 9.47 Å². The van der Waals surface area contributed by atoms with Gasteiger partial charge < -0.3 is 19.7 Å². The third kappa shape index (κ3) is 4.50. The van der Waals surface area contributed by atoms with Crippen molar-refractivity contribution in [3.8, 4) is 23.0 Å². The lowest BCUT2D eigenvalue weighted by Crippen LogP contribution is -2.08. The van der Waals surface area contributed by atoms with Gasteiger partial charge >= 0.3 is 0 Å². The highest BCUT2D eigenvalue weighted by atomic mass is 16.5. The largest absolute Gasteiger partial charge is 0.507 e. The summed E-state index contributed by atoms with van der Waals surface area (Å²) >= 11 is 0. The number of phenols is 2. The second-order valence-corrected chi connectivity index (χ2v) is 5.46. The Morgan fingerprint density at radius 2 is 1.20 bits per heavy atom. The first-order valence-corrected chi connectivity index (χ1v) is 7.83. The van der Waals surface area contributed by atoms with Crippen molar-refractivity contribution in [1.82, 2.24) is 0 Å². The fraction of sp³-hybridized carbons (Fsp3) is 0.263. The molecule has 132 valence electrons. The smallest absolute Gasteiger partial charge is 0.167 e. The molecule has 0 radical (unpaired) electrons. The minimum absolute atomic E-state index is 0.118. The maximum Gasteiger partial charge on any atom is 0.167 e. The molecule has 0 saturated carbocycles. The van der Waals surface area contributed by atoms with E-state index in [9.17, 15) is 19.8 Å². The molecule has 0 aliphatic heterocycles. The highest BCUT2D eigenvalue weighted by Crippen LogP contribution is 2.29. The standard InChI is InChI=1S/C19H20O6/c1-12(20)18-14(22)6-3-8-16(18)24-10-5-11-25-17-9-4-7-15(23)19(17)13(2)21/h3-4,6-9,22-23H,5,10-11H2,1-2H3. The van der Waals surface area contributed by atoms with Gasteiger partial charge in [0.15, 0.2) is 11.6 Å². The normalized spacial score (nSPS) is 10.3. The quantitative estimate of drug-likeness (QED) is 0.563. The molecule has 0 fully saturated rings. The van der Waals surface area contributed by atoms with E-state index in [1.807, 2.05) is 0 Å². The molecule has 0 spiro atoms. The second-order valence-electron chi connectivity index (χ2n) is 5.46. The average Bonchev–Trinajstić information content (AvgIpc) is 2.53. The van der Waals surface area contributed by atoms with E-state index < -0.39 is 0 Å². The highest BCUT2D eigenvalue weighted by molar-refractivity contribution is 6.00. The molecule has 0 atom stereocenters. The lowest BCUT2D eigenvalue weighted by Gasteiger charge is -2.13. The zero-order valence-corrected chi connectivity index (χ0v) is 14.1. The fourth-order valence-electron chi connectivity index (χ4n) is 2.41. The summed E-state index contributed by atoms with van der Waals surface area (Å²) in [5, 5.41) is 19.5. The Labute approximate surface area is 145 Å². The minimum atomic E-state index is -0.282. The molecule has 6 heteroatoms. The van der Waals surface area contributed by atoms with Gasteiger partial charge in [0.2, 0.25) is 0 Å². The van der Waals surface area contributed by atoms with Gasteiger partial charge in [0.05, 0.1) is 13.2 Å². The Hall–Kier alpha value is -3.02. The van der Waals surface area contributed by atoms with Gasteiger partial charge in [-0.05, 0) is 38.1 Å². The second kappa shape index (κ2) is 8.19.